The van der Waals surface area contributed by atoms with Gasteiger partial charge in [0.15, 0.2) is 11.8 Å². The Kier molecular flexibility index (Phi) is 9.35. The van der Waals surface area contributed by atoms with Crippen LogP contribution >= 0.6 is 24.0 Å². The third-order valence-corrected chi connectivity index (χ3v) is 5.52. The summed E-state index contributed by atoms with van der Waals surface area (Å²) in [5.74, 6) is 2.87. The standard InChI is InChI=1S/C21H32N6O.HI/c1-15(18-9-6-5-7-10-18)16(2)24-21(22-13-19-11-8-12-28-19)23-14-20-26-25-17(3)27(20)4;/h5-7,9-10,15-16,19H,8,11-14H2,1-4H3,(H2,22,23,24);1H. The highest BCUT2D eigenvalue weighted by Crippen LogP contribution is 2.18. The predicted octanol–water partition coefficient (Wildman–Crippen LogP) is 3.15. The summed E-state index contributed by atoms with van der Waals surface area (Å²) in [5.41, 5.74) is 1.31. The number of aliphatic imine (C=N–C) groups is 1. The lowest BCUT2D eigenvalue weighted by molar-refractivity contribution is 0.113. The highest BCUT2D eigenvalue weighted by Gasteiger charge is 2.19. The molecule has 8 heteroatoms. The third kappa shape index (κ3) is 6.67. The second-order valence-electron chi connectivity index (χ2n) is 7.54. The highest BCUT2D eigenvalue weighted by molar-refractivity contribution is 14.0. The first-order valence-corrected chi connectivity index (χ1v) is 10.1. The number of ether oxygens (including phenoxy) is 1. The molecule has 2 N–H and O–H groups in total. The van der Waals surface area contributed by atoms with E-state index < -0.39 is 0 Å². The molecule has 1 fully saturated rings. The summed E-state index contributed by atoms with van der Waals surface area (Å²) in [7, 11) is 1.97. The first-order valence-electron chi connectivity index (χ1n) is 10.1. The minimum atomic E-state index is 0. The van der Waals surface area contributed by atoms with Gasteiger partial charge in [-0.25, -0.2) is 4.99 Å². The van der Waals surface area contributed by atoms with E-state index in [9.17, 15) is 0 Å². The number of hydrogen-bond donors (Lipinski definition) is 2. The molecule has 2 heterocycles. The van der Waals surface area contributed by atoms with Gasteiger partial charge in [0.25, 0.3) is 0 Å². The zero-order chi connectivity index (χ0) is 19.9. The summed E-state index contributed by atoms with van der Waals surface area (Å²) in [6.45, 7) is 8.45. The summed E-state index contributed by atoms with van der Waals surface area (Å²) in [6, 6.07) is 10.8. The van der Waals surface area contributed by atoms with Crippen LogP contribution in [-0.4, -0.2) is 46.0 Å². The number of nitrogens with one attached hydrogen (secondary N) is 2. The van der Waals surface area contributed by atoms with Crippen LogP contribution in [-0.2, 0) is 18.3 Å². The van der Waals surface area contributed by atoms with Gasteiger partial charge in [-0.05, 0) is 32.3 Å². The van der Waals surface area contributed by atoms with Gasteiger partial charge >= 0.3 is 0 Å². The molecule has 0 aliphatic carbocycles. The van der Waals surface area contributed by atoms with Crippen molar-refractivity contribution in [3.63, 3.8) is 0 Å². The van der Waals surface area contributed by atoms with Crippen LogP contribution in [0.3, 0.4) is 0 Å². The Morgan fingerprint density at radius 1 is 1.28 bits per heavy atom. The van der Waals surface area contributed by atoms with Gasteiger partial charge in [-0.15, -0.1) is 34.2 Å². The Balaban J connectivity index is 0.00000300. The van der Waals surface area contributed by atoms with Crippen molar-refractivity contribution < 1.29 is 4.74 Å². The molecule has 0 radical (unpaired) electrons. The fourth-order valence-electron chi connectivity index (χ4n) is 3.29. The smallest absolute Gasteiger partial charge is 0.192 e. The SMILES string of the molecule is Cc1nnc(CN=C(NCC2CCCO2)NC(C)C(C)c2ccccc2)n1C.I. The number of aryl methyl sites for hydroxylation is 1. The summed E-state index contributed by atoms with van der Waals surface area (Å²) in [4.78, 5) is 4.76. The molecule has 160 valence electrons. The Labute approximate surface area is 190 Å². The number of halogens is 1. The molecule has 29 heavy (non-hydrogen) atoms. The van der Waals surface area contributed by atoms with E-state index in [1.807, 2.05) is 24.6 Å². The van der Waals surface area contributed by atoms with Gasteiger partial charge in [0.1, 0.15) is 12.4 Å². The van der Waals surface area contributed by atoms with E-state index in [4.69, 9.17) is 9.73 Å². The number of aromatic nitrogens is 3. The van der Waals surface area contributed by atoms with Crippen LogP contribution in [0.25, 0.3) is 0 Å². The molecular formula is C21H33IN6O. The summed E-state index contributed by atoms with van der Waals surface area (Å²) < 4.78 is 7.71. The highest BCUT2D eigenvalue weighted by atomic mass is 127. The molecule has 0 amide bonds. The van der Waals surface area contributed by atoms with Crippen molar-refractivity contribution >= 4 is 29.9 Å². The third-order valence-electron chi connectivity index (χ3n) is 5.52. The van der Waals surface area contributed by atoms with E-state index in [-0.39, 0.29) is 36.1 Å². The minimum Gasteiger partial charge on any atom is -0.376 e. The van der Waals surface area contributed by atoms with Crippen molar-refractivity contribution in [1.29, 1.82) is 0 Å². The topological polar surface area (TPSA) is 76.4 Å². The van der Waals surface area contributed by atoms with E-state index in [2.05, 4.69) is 58.9 Å². The maximum absolute atomic E-state index is 5.74. The van der Waals surface area contributed by atoms with E-state index in [1.165, 1.54) is 5.56 Å². The van der Waals surface area contributed by atoms with E-state index in [0.29, 0.717) is 12.5 Å². The van der Waals surface area contributed by atoms with E-state index >= 15 is 0 Å². The van der Waals surface area contributed by atoms with Crippen molar-refractivity contribution in [2.45, 2.75) is 58.2 Å². The van der Waals surface area contributed by atoms with Crippen molar-refractivity contribution in [2.24, 2.45) is 12.0 Å². The second-order valence-corrected chi connectivity index (χ2v) is 7.54. The van der Waals surface area contributed by atoms with Gasteiger partial charge in [-0.2, -0.15) is 0 Å². The molecule has 1 aliphatic rings. The second kappa shape index (κ2) is 11.5. The molecule has 3 rings (SSSR count). The van der Waals surface area contributed by atoms with Gasteiger partial charge in [-0.1, -0.05) is 37.3 Å². The molecule has 0 bridgehead atoms. The first-order chi connectivity index (χ1) is 13.5. The zero-order valence-electron chi connectivity index (χ0n) is 17.8. The van der Waals surface area contributed by atoms with Gasteiger partial charge in [0.05, 0.1) is 6.10 Å². The number of nitrogens with zero attached hydrogens (tertiary/aromatic N) is 4. The largest absolute Gasteiger partial charge is 0.376 e. The molecule has 2 aromatic rings. The molecule has 3 atom stereocenters. The number of benzene rings is 1. The predicted molar refractivity (Wildman–Crippen MR) is 127 cm³/mol. The van der Waals surface area contributed by atoms with Crippen LogP contribution in [0.1, 0.15) is 49.8 Å². The van der Waals surface area contributed by atoms with Crippen molar-refractivity contribution in [1.82, 2.24) is 25.4 Å². The number of guanidine groups is 1. The Hall–Kier alpha value is -1.68. The molecule has 3 unspecified atom stereocenters. The van der Waals surface area contributed by atoms with E-state index in [1.54, 1.807) is 0 Å². The lowest BCUT2D eigenvalue weighted by Gasteiger charge is -2.25. The fraction of sp³-hybridized carbons (Fsp3) is 0.571. The average Bonchev–Trinajstić information content (AvgIpc) is 3.35. The van der Waals surface area contributed by atoms with Crippen LogP contribution in [0.5, 0.6) is 0 Å². The lowest BCUT2D eigenvalue weighted by Crippen LogP contribution is -2.46. The molecule has 1 aliphatic heterocycles. The van der Waals surface area contributed by atoms with Crippen molar-refractivity contribution in [2.75, 3.05) is 13.2 Å². The Morgan fingerprint density at radius 2 is 2.03 bits per heavy atom. The quantitative estimate of drug-likeness (QED) is 0.339. The summed E-state index contributed by atoms with van der Waals surface area (Å²) in [5, 5.41) is 15.3. The first kappa shape index (κ1) is 23.6. The van der Waals surface area contributed by atoms with E-state index in [0.717, 1.165) is 43.6 Å². The Morgan fingerprint density at radius 3 is 2.66 bits per heavy atom. The van der Waals surface area contributed by atoms with Crippen LogP contribution in [0, 0.1) is 6.92 Å². The molecular weight excluding hydrogens is 479 g/mol. The van der Waals surface area contributed by atoms with Gasteiger partial charge < -0.3 is 19.9 Å². The molecule has 1 saturated heterocycles. The van der Waals surface area contributed by atoms with Gasteiger partial charge in [0.2, 0.25) is 0 Å². The van der Waals surface area contributed by atoms with Gasteiger partial charge in [-0.3, -0.25) is 0 Å². The summed E-state index contributed by atoms with van der Waals surface area (Å²) >= 11 is 0. The fourth-order valence-corrected chi connectivity index (χ4v) is 3.29. The molecule has 7 nitrogen and oxygen atoms in total. The average molecular weight is 512 g/mol. The maximum atomic E-state index is 5.74. The van der Waals surface area contributed by atoms with Crippen LogP contribution < -0.4 is 10.6 Å². The summed E-state index contributed by atoms with van der Waals surface area (Å²) in [6.07, 6.45) is 2.48. The lowest BCUT2D eigenvalue weighted by atomic mass is 9.94. The number of hydrogen-bond acceptors (Lipinski definition) is 4. The van der Waals surface area contributed by atoms with Crippen molar-refractivity contribution in [3.8, 4) is 0 Å². The van der Waals surface area contributed by atoms with Crippen LogP contribution in [0.4, 0.5) is 0 Å². The molecule has 0 saturated carbocycles. The monoisotopic (exact) mass is 512 g/mol. The van der Waals surface area contributed by atoms with Crippen LogP contribution in [0.15, 0.2) is 35.3 Å². The number of rotatable bonds is 7. The van der Waals surface area contributed by atoms with Crippen LogP contribution in [0.2, 0.25) is 0 Å². The normalized spacial score (nSPS) is 18.8. The zero-order valence-corrected chi connectivity index (χ0v) is 20.1. The molecule has 1 aromatic heterocycles. The molecule has 1 aromatic carbocycles. The van der Waals surface area contributed by atoms with Gasteiger partial charge in [0, 0.05) is 32.2 Å². The maximum Gasteiger partial charge on any atom is 0.192 e. The Bertz CT molecular complexity index is 773. The van der Waals surface area contributed by atoms with Crippen molar-refractivity contribution in [3.05, 3.63) is 47.5 Å². The molecule has 0 spiro atoms. The minimum absolute atomic E-state index is 0.